The van der Waals surface area contributed by atoms with Gasteiger partial charge < -0.3 is 10.1 Å². The zero-order valence-electron chi connectivity index (χ0n) is 13.9. The van der Waals surface area contributed by atoms with Crippen LogP contribution in [0, 0.1) is 0 Å². The fraction of sp³-hybridized carbons (Fsp3) is 0.368. The van der Waals surface area contributed by atoms with Crippen molar-refractivity contribution in [1.82, 2.24) is 5.32 Å². The van der Waals surface area contributed by atoms with Gasteiger partial charge in [-0.3, -0.25) is 0 Å². The Balaban J connectivity index is 1.53. The van der Waals surface area contributed by atoms with Crippen LogP contribution in [0.1, 0.15) is 34.1 Å². The van der Waals surface area contributed by atoms with Crippen molar-refractivity contribution in [3.63, 3.8) is 0 Å². The van der Waals surface area contributed by atoms with E-state index in [1.165, 1.54) is 5.56 Å². The van der Waals surface area contributed by atoms with Gasteiger partial charge in [-0.2, -0.15) is 26.3 Å². The van der Waals surface area contributed by atoms with Gasteiger partial charge in [0.05, 0.1) is 11.1 Å². The molecule has 0 aromatic heterocycles. The number of ether oxygens (including phenoxy) is 1. The highest BCUT2D eigenvalue weighted by Gasteiger charge is 2.47. The molecule has 1 aliphatic heterocycles. The summed E-state index contributed by atoms with van der Waals surface area (Å²) in [4.78, 5) is 0. The maximum absolute atomic E-state index is 12.9. The molecule has 1 heterocycles. The maximum atomic E-state index is 12.9. The summed E-state index contributed by atoms with van der Waals surface area (Å²) < 4.78 is 82.9. The molecule has 0 spiro atoms. The molecule has 0 radical (unpaired) electrons. The van der Waals surface area contributed by atoms with Gasteiger partial charge >= 0.3 is 12.4 Å². The number of nitrogens with one attached hydrogen (secondary N) is 1. The van der Waals surface area contributed by atoms with E-state index in [0.29, 0.717) is 24.6 Å². The fourth-order valence-corrected chi connectivity index (χ4v) is 3.96. The molecule has 2 nitrogen and oxygen atoms in total. The summed E-state index contributed by atoms with van der Waals surface area (Å²) in [7, 11) is 0. The van der Waals surface area contributed by atoms with Crippen molar-refractivity contribution in [2.75, 3.05) is 13.2 Å². The second-order valence-electron chi connectivity index (χ2n) is 6.83. The Hall–Kier alpha value is -2.22. The molecule has 3 atom stereocenters. The summed E-state index contributed by atoms with van der Waals surface area (Å²) in [6.07, 6.45) is -9.77. The van der Waals surface area contributed by atoms with E-state index in [1.807, 2.05) is 24.3 Å². The van der Waals surface area contributed by atoms with Crippen molar-refractivity contribution < 1.29 is 31.1 Å². The largest absolute Gasteiger partial charge is 0.492 e. The van der Waals surface area contributed by atoms with Crippen LogP contribution < -0.4 is 10.1 Å². The minimum Gasteiger partial charge on any atom is -0.492 e. The van der Waals surface area contributed by atoms with Gasteiger partial charge in [0.1, 0.15) is 12.4 Å². The second-order valence-corrected chi connectivity index (χ2v) is 6.83. The first kappa shape index (κ1) is 18.2. The lowest BCUT2D eigenvalue weighted by molar-refractivity contribution is -0.143. The number of hydrogen-bond donors (Lipinski definition) is 1. The summed E-state index contributed by atoms with van der Waals surface area (Å²) in [5.41, 5.74) is -0.366. The zero-order valence-corrected chi connectivity index (χ0v) is 13.9. The molecule has 3 unspecified atom stereocenters. The summed E-state index contributed by atoms with van der Waals surface area (Å²) in [5, 5.41) is 3.26. The van der Waals surface area contributed by atoms with Crippen LogP contribution in [0.25, 0.3) is 0 Å². The summed E-state index contributed by atoms with van der Waals surface area (Å²) in [6, 6.07) is 9.03. The van der Waals surface area contributed by atoms with Gasteiger partial charge in [0.25, 0.3) is 0 Å². The van der Waals surface area contributed by atoms with Crippen LogP contribution in [-0.2, 0) is 12.4 Å². The van der Waals surface area contributed by atoms with Crippen molar-refractivity contribution in [2.24, 2.45) is 0 Å². The van der Waals surface area contributed by atoms with Gasteiger partial charge in [-0.25, -0.2) is 0 Å². The van der Waals surface area contributed by atoms with Crippen molar-refractivity contribution in [1.29, 1.82) is 0 Å². The minimum absolute atomic E-state index is 0.00584. The van der Waals surface area contributed by atoms with Crippen molar-refractivity contribution in [3.8, 4) is 5.75 Å². The lowest BCUT2D eigenvalue weighted by atomic mass is 9.67. The molecule has 2 aromatic carbocycles. The van der Waals surface area contributed by atoms with Crippen LogP contribution >= 0.6 is 0 Å². The highest BCUT2D eigenvalue weighted by Crippen LogP contribution is 2.51. The Kier molecular flexibility index (Phi) is 4.14. The SMILES string of the molecule is FC(F)(F)c1cc(OCC2NCC3c4ccccc4C23)cc(C(F)(F)F)c1. The highest BCUT2D eigenvalue weighted by atomic mass is 19.4. The van der Waals surface area contributed by atoms with Gasteiger partial charge in [0.2, 0.25) is 0 Å². The van der Waals surface area contributed by atoms with Crippen LogP contribution in [0.5, 0.6) is 5.75 Å². The summed E-state index contributed by atoms with van der Waals surface area (Å²) in [5.74, 6) is 0.0335. The number of rotatable bonds is 3. The Morgan fingerprint density at radius 2 is 1.48 bits per heavy atom. The lowest BCUT2D eigenvalue weighted by Crippen LogP contribution is -2.35. The van der Waals surface area contributed by atoms with Crippen LogP contribution in [0.4, 0.5) is 26.3 Å². The van der Waals surface area contributed by atoms with Crippen LogP contribution in [0.3, 0.4) is 0 Å². The van der Waals surface area contributed by atoms with E-state index in [0.717, 1.165) is 5.56 Å². The monoisotopic (exact) mass is 387 g/mol. The quantitative estimate of drug-likeness (QED) is 0.752. The maximum Gasteiger partial charge on any atom is 0.416 e. The van der Waals surface area contributed by atoms with Gasteiger partial charge in [0, 0.05) is 24.4 Å². The summed E-state index contributed by atoms with van der Waals surface area (Å²) in [6.45, 7) is 0.709. The van der Waals surface area contributed by atoms with E-state index in [9.17, 15) is 26.3 Å². The number of fused-ring (bicyclic) bond motifs is 4. The molecule has 1 aliphatic carbocycles. The van der Waals surface area contributed by atoms with E-state index >= 15 is 0 Å². The standard InChI is InChI=1S/C19H15F6NO/c20-18(21,22)10-5-11(19(23,24)25)7-12(6-10)27-9-16-17-14-4-2-1-3-13(14)15(17)8-26-16/h1-7,15-17,26H,8-9H2. The molecule has 27 heavy (non-hydrogen) atoms. The molecule has 1 fully saturated rings. The van der Waals surface area contributed by atoms with Gasteiger partial charge in [0.15, 0.2) is 0 Å². The summed E-state index contributed by atoms with van der Waals surface area (Å²) >= 11 is 0. The molecule has 0 bridgehead atoms. The first-order valence-electron chi connectivity index (χ1n) is 8.39. The first-order chi connectivity index (χ1) is 12.6. The van der Waals surface area contributed by atoms with E-state index < -0.39 is 29.2 Å². The number of alkyl halides is 6. The predicted octanol–water partition coefficient (Wildman–Crippen LogP) is 4.96. The molecule has 4 rings (SSSR count). The van der Waals surface area contributed by atoms with Gasteiger partial charge in [-0.05, 0) is 29.3 Å². The van der Waals surface area contributed by atoms with E-state index in [4.69, 9.17) is 4.74 Å². The minimum atomic E-state index is -4.89. The Morgan fingerprint density at radius 3 is 2.07 bits per heavy atom. The van der Waals surface area contributed by atoms with E-state index in [-0.39, 0.29) is 24.6 Å². The van der Waals surface area contributed by atoms with Gasteiger partial charge in [-0.1, -0.05) is 24.3 Å². The second kappa shape index (κ2) is 6.15. The van der Waals surface area contributed by atoms with Crippen molar-refractivity contribution in [2.45, 2.75) is 30.2 Å². The Labute approximate surface area is 151 Å². The third-order valence-electron chi connectivity index (χ3n) is 5.21. The van der Waals surface area contributed by atoms with Crippen LogP contribution in [0.2, 0.25) is 0 Å². The topological polar surface area (TPSA) is 21.3 Å². The molecule has 1 N–H and O–H groups in total. The molecule has 0 saturated carbocycles. The Bertz CT molecular complexity index is 828. The smallest absolute Gasteiger partial charge is 0.416 e. The Morgan fingerprint density at radius 1 is 0.889 bits per heavy atom. The van der Waals surface area contributed by atoms with E-state index in [1.54, 1.807) is 0 Å². The van der Waals surface area contributed by atoms with E-state index in [2.05, 4.69) is 5.32 Å². The van der Waals surface area contributed by atoms with Crippen molar-refractivity contribution in [3.05, 3.63) is 64.7 Å². The number of benzene rings is 2. The lowest BCUT2D eigenvalue weighted by Gasteiger charge is -2.36. The molecular weight excluding hydrogens is 372 g/mol. The molecule has 1 saturated heterocycles. The highest BCUT2D eigenvalue weighted by molar-refractivity contribution is 5.48. The fourth-order valence-electron chi connectivity index (χ4n) is 3.96. The predicted molar refractivity (Wildman–Crippen MR) is 85.7 cm³/mol. The molecule has 8 heteroatoms. The molecule has 2 aliphatic rings. The number of hydrogen-bond acceptors (Lipinski definition) is 2. The first-order valence-corrected chi connectivity index (χ1v) is 8.39. The molecule has 2 aromatic rings. The van der Waals surface area contributed by atoms with Crippen molar-refractivity contribution >= 4 is 0 Å². The normalized spacial score (nSPS) is 24.1. The zero-order chi connectivity index (χ0) is 19.4. The van der Waals surface area contributed by atoms with Crippen LogP contribution in [-0.4, -0.2) is 19.2 Å². The third-order valence-corrected chi connectivity index (χ3v) is 5.21. The average molecular weight is 387 g/mol. The van der Waals surface area contributed by atoms with Gasteiger partial charge in [-0.15, -0.1) is 0 Å². The molecular formula is C19H15F6NO. The molecule has 144 valence electrons. The molecule has 0 amide bonds. The number of halogens is 6. The average Bonchev–Trinajstić information content (AvgIpc) is 2.94. The third kappa shape index (κ3) is 3.26. The van der Waals surface area contributed by atoms with Crippen LogP contribution in [0.15, 0.2) is 42.5 Å².